The Morgan fingerprint density at radius 3 is 2.92 bits per heavy atom. The number of rotatable bonds is 3. The Hall–Kier alpha value is -1.15. The van der Waals surface area contributed by atoms with Crippen molar-refractivity contribution < 1.29 is 18.0 Å². The molecule has 1 amide bonds. The first-order valence-electron chi connectivity index (χ1n) is 8.45. The van der Waals surface area contributed by atoms with Gasteiger partial charge in [-0.1, -0.05) is 13.3 Å². The van der Waals surface area contributed by atoms with Crippen LogP contribution in [0.15, 0.2) is 0 Å². The lowest BCUT2D eigenvalue weighted by atomic mass is 9.80. The molecule has 0 aromatic carbocycles. The SMILES string of the molecule is CCN1CCc2nc(NC(=O)C3CCCC(C(F)(F)F)C3)sc2C1. The lowest BCUT2D eigenvalue weighted by Crippen LogP contribution is -2.34. The van der Waals surface area contributed by atoms with Gasteiger partial charge >= 0.3 is 6.18 Å². The molecule has 2 unspecified atom stereocenters. The number of thiazole rings is 1. The second kappa shape index (κ2) is 7.00. The molecule has 1 aliphatic heterocycles. The Morgan fingerprint density at radius 2 is 2.21 bits per heavy atom. The highest BCUT2D eigenvalue weighted by Crippen LogP contribution is 2.40. The molecule has 4 nitrogen and oxygen atoms in total. The number of anilines is 1. The highest BCUT2D eigenvalue weighted by molar-refractivity contribution is 7.15. The minimum Gasteiger partial charge on any atom is -0.302 e. The van der Waals surface area contributed by atoms with Gasteiger partial charge in [-0.15, -0.1) is 11.3 Å². The van der Waals surface area contributed by atoms with Gasteiger partial charge < -0.3 is 5.32 Å². The van der Waals surface area contributed by atoms with Gasteiger partial charge in [0.1, 0.15) is 0 Å². The predicted octanol–water partition coefficient (Wildman–Crippen LogP) is 3.83. The molecule has 1 aromatic rings. The zero-order valence-electron chi connectivity index (χ0n) is 13.7. The number of carbonyl (C=O) groups excluding carboxylic acids is 1. The number of likely N-dealkylation sites (N-methyl/N-ethyl adjacent to an activating group) is 1. The predicted molar refractivity (Wildman–Crippen MR) is 86.9 cm³/mol. The Kier molecular flexibility index (Phi) is 5.15. The molecule has 0 spiro atoms. The summed E-state index contributed by atoms with van der Waals surface area (Å²) in [5.74, 6) is -2.24. The molecule has 24 heavy (non-hydrogen) atoms. The third kappa shape index (κ3) is 3.91. The number of nitrogens with zero attached hydrogens (tertiary/aromatic N) is 2. The molecular formula is C16H22F3N3OS. The molecule has 1 fully saturated rings. The third-order valence-electron chi connectivity index (χ3n) is 5.00. The summed E-state index contributed by atoms with van der Waals surface area (Å²) in [7, 11) is 0. The highest BCUT2D eigenvalue weighted by atomic mass is 32.1. The van der Waals surface area contributed by atoms with E-state index in [1.165, 1.54) is 11.3 Å². The fourth-order valence-corrected chi connectivity index (χ4v) is 4.56. The molecule has 1 aliphatic carbocycles. The summed E-state index contributed by atoms with van der Waals surface area (Å²) in [6.45, 7) is 4.87. The van der Waals surface area contributed by atoms with Crippen molar-refractivity contribution in [3.63, 3.8) is 0 Å². The summed E-state index contributed by atoms with van der Waals surface area (Å²) < 4.78 is 38.7. The van der Waals surface area contributed by atoms with Crippen LogP contribution in [0.25, 0.3) is 0 Å². The first-order chi connectivity index (χ1) is 11.4. The van der Waals surface area contributed by atoms with E-state index in [0.717, 1.165) is 36.6 Å². The molecular weight excluding hydrogens is 339 g/mol. The number of hydrogen-bond donors (Lipinski definition) is 1. The molecule has 8 heteroatoms. The van der Waals surface area contributed by atoms with Gasteiger partial charge in [-0.25, -0.2) is 4.98 Å². The first kappa shape index (κ1) is 17.7. The van der Waals surface area contributed by atoms with Crippen LogP contribution in [0.3, 0.4) is 0 Å². The number of hydrogen-bond acceptors (Lipinski definition) is 4. The average Bonchev–Trinajstić information content (AvgIpc) is 2.95. The first-order valence-corrected chi connectivity index (χ1v) is 9.27. The number of halogens is 3. The molecule has 0 radical (unpaired) electrons. The summed E-state index contributed by atoms with van der Waals surface area (Å²) in [6, 6.07) is 0. The monoisotopic (exact) mass is 361 g/mol. The highest BCUT2D eigenvalue weighted by Gasteiger charge is 2.43. The Labute approximate surface area is 143 Å². The van der Waals surface area contributed by atoms with Crippen molar-refractivity contribution in [3.8, 4) is 0 Å². The van der Waals surface area contributed by atoms with Crippen molar-refractivity contribution in [2.75, 3.05) is 18.4 Å². The molecule has 1 N–H and O–H groups in total. The molecule has 3 rings (SSSR count). The molecule has 2 heterocycles. The molecule has 1 aromatic heterocycles. The van der Waals surface area contributed by atoms with Crippen LogP contribution in [0.2, 0.25) is 0 Å². The summed E-state index contributed by atoms with van der Waals surface area (Å²) in [5.41, 5.74) is 1.01. The maximum absolute atomic E-state index is 12.9. The van der Waals surface area contributed by atoms with Crippen LogP contribution in [-0.2, 0) is 17.8 Å². The third-order valence-corrected chi connectivity index (χ3v) is 5.99. The Morgan fingerprint density at radius 1 is 1.42 bits per heavy atom. The van der Waals surface area contributed by atoms with Gasteiger partial charge in [-0.05, 0) is 25.8 Å². The van der Waals surface area contributed by atoms with Gasteiger partial charge in [0, 0.05) is 30.3 Å². The van der Waals surface area contributed by atoms with Crippen molar-refractivity contribution in [2.45, 2.75) is 51.7 Å². The van der Waals surface area contributed by atoms with E-state index in [0.29, 0.717) is 18.0 Å². The van der Waals surface area contributed by atoms with E-state index in [1.54, 1.807) is 0 Å². The maximum Gasteiger partial charge on any atom is 0.391 e. The van der Waals surface area contributed by atoms with Crippen LogP contribution in [-0.4, -0.2) is 35.1 Å². The lowest BCUT2D eigenvalue weighted by molar-refractivity contribution is -0.185. The van der Waals surface area contributed by atoms with Gasteiger partial charge in [0.05, 0.1) is 11.6 Å². The zero-order chi connectivity index (χ0) is 17.3. The average molecular weight is 361 g/mol. The Balaban J connectivity index is 1.62. The van der Waals surface area contributed by atoms with Crippen LogP contribution in [0, 0.1) is 11.8 Å². The van der Waals surface area contributed by atoms with E-state index in [2.05, 4.69) is 22.1 Å². The second-order valence-corrected chi connectivity index (χ2v) is 7.68. The van der Waals surface area contributed by atoms with Crippen molar-refractivity contribution in [2.24, 2.45) is 11.8 Å². The Bertz CT molecular complexity index is 602. The van der Waals surface area contributed by atoms with Crippen LogP contribution in [0.1, 0.15) is 43.2 Å². The number of alkyl halides is 3. The van der Waals surface area contributed by atoms with Gasteiger partial charge in [-0.2, -0.15) is 13.2 Å². The number of fused-ring (bicyclic) bond motifs is 1. The van der Waals surface area contributed by atoms with Crippen LogP contribution >= 0.6 is 11.3 Å². The van der Waals surface area contributed by atoms with Crippen molar-refractivity contribution >= 4 is 22.4 Å². The minimum absolute atomic E-state index is 0.107. The van der Waals surface area contributed by atoms with Crippen molar-refractivity contribution in [1.29, 1.82) is 0 Å². The fraction of sp³-hybridized carbons (Fsp3) is 0.750. The van der Waals surface area contributed by atoms with Gasteiger partial charge in [0.15, 0.2) is 5.13 Å². The van der Waals surface area contributed by atoms with E-state index in [-0.39, 0.29) is 18.7 Å². The zero-order valence-corrected chi connectivity index (χ0v) is 14.5. The molecule has 2 aliphatic rings. The van der Waals surface area contributed by atoms with Gasteiger partial charge in [0.2, 0.25) is 5.91 Å². The van der Waals surface area contributed by atoms with Crippen LogP contribution in [0.5, 0.6) is 0 Å². The molecule has 0 bridgehead atoms. The lowest BCUT2D eigenvalue weighted by Gasteiger charge is -2.29. The molecule has 134 valence electrons. The number of amides is 1. The normalized spacial score (nSPS) is 25.3. The number of nitrogens with one attached hydrogen (secondary N) is 1. The van der Waals surface area contributed by atoms with Crippen LogP contribution in [0.4, 0.5) is 18.3 Å². The minimum atomic E-state index is -4.21. The molecule has 1 saturated carbocycles. The number of carbonyl (C=O) groups is 1. The van der Waals surface area contributed by atoms with E-state index in [1.807, 2.05) is 0 Å². The van der Waals surface area contributed by atoms with E-state index >= 15 is 0 Å². The van der Waals surface area contributed by atoms with Gasteiger partial charge in [0.25, 0.3) is 0 Å². The summed E-state index contributed by atoms with van der Waals surface area (Å²) >= 11 is 1.45. The molecule has 0 saturated heterocycles. The standard InChI is InChI=1S/C16H22F3N3OS/c1-2-22-7-6-12-13(9-22)24-15(20-12)21-14(23)10-4-3-5-11(8-10)16(17,18)19/h10-11H,2-9H2,1H3,(H,20,21,23). The topological polar surface area (TPSA) is 45.2 Å². The fourth-order valence-electron chi connectivity index (χ4n) is 3.50. The summed E-state index contributed by atoms with van der Waals surface area (Å²) in [6.07, 6.45) is -2.36. The summed E-state index contributed by atoms with van der Waals surface area (Å²) in [4.78, 5) is 20.3. The van der Waals surface area contributed by atoms with E-state index < -0.39 is 18.0 Å². The van der Waals surface area contributed by atoms with E-state index in [4.69, 9.17) is 0 Å². The van der Waals surface area contributed by atoms with Crippen molar-refractivity contribution in [1.82, 2.24) is 9.88 Å². The van der Waals surface area contributed by atoms with Gasteiger partial charge in [-0.3, -0.25) is 9.69 Å². The van der Waals surface area contributed by atoms with Crippen LogP contribution < -0.4 is 5.32 Å². The molecule has 2 atom stereocenters. The second-order valence-electron chi connectivity index (χ2n) is 6.60. The number of aromatic nitrogens is 1. The summed E-state index contributed by atoms with van der Waals surface area (Å²) in [5, 5.41) is 3.28. The van der Waals surface area contributed by atoms with Crippen molar-refractivity contribution in [3.05, 3.63) is 10.6 Å². The largest absolute Gasteiger partial charge is 0.391 e. The smallest absolute Gasteiger partial charge is 0.302 e. The quantitative estimate of drug-likeness (QED) is 0.890. The maximum atomic E-state index is 12.9. The van der Waals surface area contributed by atoms with E-state index in [9.17, 15) is 18.0 Å².